The molecule has 1 aromatic carbocycles. The first-order valence-electron chi connectivity index (χ1n) is 8.30. The maximum Gasteiger partial charge on any atom is 0.194 e. The van der Waals surface area contributed by atoms with Crippen LogP contribution >= 0.6 is 46.9 Å². The number of nitrogens with zero attached hydrogens (tertiary/aromatic N) is 3. The molecule has 0 aliphatic rings. The van der Waals surface area contributed by atoms with Crippen LogP contribution in [0.1, 0.15) is 23.2 Å². The topological polar surface area (TPSA) is 59.0 Å². The first-order valence-corrected chi connectivity index (χ1v) is 9.56. The lowest BCUT2D eigenvalue weighted by molar-refractivity contribution is 0.311. The van der Waals surface area contributed by atoms with Crippen molar-refractivity contribution in [3.8, 4) is 11.5 Å². The minimum atomic E-state index is 0. The predicted octanol–water partition coefficient (Wildman–Crippen LogP) is 4.34. The molecule has 0 saturated carbocycles. The molecule has 1 heterocycles. The highest BCUT2D eigenvalue weighted by Gasteiger charge is 2.13. The van der Waals surface area contributed by atoms with Gasteiger partial charge in [0.25, 0.3) is 0 Å². The lowest BCUT2D eigenvalue weighted by atomic mass is 10.2. The second-order valence-electron chi connectivity index (χ2n) is 5.66. The molecule has 27 heavy (non-hydrogen) atoms. The molecule has 0 fully saturated rings. The zero-order valence-electron chi connectivity index (χ0n) is 16.2. The number of thiazole rings is 1. The Morgan fingerprint density at radius 3 is 2.70 bits per heavy atom. The van der Waals surface area contributed by atoms with E-state index in [0.717, 1.165) is 22.2 Å². The highest BCUT2D eigenvalue weighted by Crippen LogP contribution is 2.36. The first-order chi connectivity index (χ1) is 12.5. The Bertz CT molecular complexity index is 770. The number of aliphatic imine (C=N–C) groups is 1. The van der Waals surface area contributed by atoms with Gasteiger partial charge in [0.1, 0.15) is 0 Å². The van der Waals surface area contributed by atoms with Crippen molar-refractivity contribution in [2.45, 2.75) is 26.9 Å². The Hall–Kier alpha value is -1.26. The fourth-order valence-electron chi connectivity index (χ4n) is 2.52. The molecule has 0 radical (unpaired) electrons. The van der Waals surface area contributed by atoms with Crippen molar-refractivity contribution in [3.05, 3.63) is 38.8 Å². The minimum absolute atomic E-state index is 0. The van der Waals surface area contributed by atoms with Crippen molar-refractivity contribution in [1.29, 1.82) is 0 Å². The Labute approximate surface area is 187 Å². The molecule has 0 bridgehead atoms. The lowest BCUT2D eigenvalue weighted by Gasteiger charge is -2.21. The van der Waals surface area contributed by atoms with Crippen LogP contribution in [0.15, 0.2) is 22.5 Å². The SMILES string of the molecule is CCOc1c(Cl)cc(CNC(=NC)N(C)Cc2csc(C)n2)cc1OC.I. The molecule has 0 saturated heterocycles. The van der Waals surface area contributed by atoms with E-state index in [1.165, 1.54) is 0 Å². The van der Waals surface area contributed by atoms with Gasteiger partial charge in [0.2, 0.25) is 0 Å². The van der Waals surface area contributed by atoms with Gasteiger partial charge in [-0.25, -0.2) is 4.98 Å². The van der Waals surface area contributed by atoms with Crippen LogP contribution in [0.25, 0.3) is 0 Å². The third-order valence-corrected chi connectivity index (χ3v) is 4.77. The van der Waals surface area contributed by atoms with Crippen molar-refractivity contribution in [3.63, 3.8) is 0 Å². The van der Waals surface area contributed by atoms with Gasteiger partial charge in [0.05, 0.1) is 36.0 Å². The van der Waals surface area contributed by atoms with Crippen LogP contribution in [0.3, 0.4) is 0 Å². The smallest absolute Gasteiger partial charge is 0.194 e. The Morgan fingerprint density at radius 2 is 2.15 bits per heavy atom. The summed E-state index contributed by atoms with van der Waals surface area (Å²) in [6.45, 7) is 5.70. The van der Waals surface area contributed by atoms with Gasteiger partial charge in [-0.1, -0.05) is 11.6 Å². The molecule has 0 amide bonds. The largest absolute Gasteiger partial charge is 0.493 e. The summed E-state index contributed by atoms with van der Waals surface area (Å²) < 4.78 is 10.9. The highest BCUT2D eigenvalue weighted by molar-refractivity contribution is 14.0. The van der Waals surface area contributed by atoms with Crippen LogP contribution in [0.2, 0.25) is 5.02 Å². The summed E-state index contributed by atoms with van der Waals surface area (Å²) in [5, 5.41) is 7.00. The van der Waals surface area contributed by atoms with Gasteiger partial charge in [-0.15, -0.1) is 35.3 Å². The normalized spacial score (nSPS) is 11.0. The van der Waals surface area contributed by atoms with Gasteiger partial charge in [-0.3, -0.25) is 4.99 Å². The zero-order chi connectivity index (χ0) is 19.1. The van der Waals surface area contributed by atoms with Crippen LogP contribution < -0.4 is 14.8 Å². The zero-order valence-corrected chi connectivity index (χ0v) is 20.1. The molecule has 0 spiro atoms. The molecule has 0 aliphatic heterocycles. The molecule has 2 rings (SSSR count). The van der Waals surface area contributed by atoms with Crippen LogP contribution in [-0.2, 0) is 13.1 Å². The van der Waals surface area contributed by atoms with E-state index in [4.69, 9.17) is 21.1 Å². The number of ether oxygens (including phenoxy) is 2. The predicted molar refractivity (Wildman–Crippen MR) is 123 cm³/mol. The molecular weight excluding hydrogens is 499 g/mol. The van der Waals surface area contributed by atoms with Crippen molar-refractivity contribution >= 4 is 52.9 Å². The van der Waals surface area contributed by atoms with Crippen molar-refractivity contribution in [2.75, 3.05) is 27.8 Å². The van der Waals surface area contributed by atoms with Crippen molar-refractivity contribution < 1.29 is 9.47 Å². The number of hydrogen-bond donors (Lipinski definition) is 1. The van der Waals surface area contributed by atoms with Gasteiger partial charge in [-0.05, 0) is 31.5 Å². The van der Waals surface area contributed by atoms with E-state index in [9.17, 15) is 0 Å². The van der Waals surface area contributed by atoms with E-state index in [-0.39, 0.29) is 24.0 Å². The van der Waals surface area contributed by atoms with Gasteiger partial charge >= 0.3 is 0 Å². The monoisotopic (exact) mass is 524 g/mol. The van der Waals surface area contributed by atoms with Gasteiger partial charge in [0, 0.05) is 26.0 Å². The maximum absolute atomic E-state index is 6.33. The van der Waals surface area contributed by atoms with Crippen LogP contribution in [0.5, 0.6) is 11.5 Å². The van der Waals surface area contributed by atoms with E-state index < -0.39 is 0 Å². The van der Waals surface area contributed by atoms with Crippen LogP contribution in [0, 0.1) is 6.92 Å². The summed E-state index contributed by atoms with van der Waals surface area (Å²) in [5.41, 5.74) is 2.01. The highest BCUT2D eigenvalue weighted by atomic mass is 127. The van der Waals surface area contributed by atoms with E-state index in [0.29, 0.717) is 36.2 Å². The third kappa shape index (κ3) is 6.69. The van der Waals surface area contributed by atoms with Gasteiger partial charge in [-0.2, -0.15) is 0 Å². The molecule has 1 aromatic heterocycles. The number of methoxy groups -OCH3 is 1. The second kappa shape index (κ2) is 11.6. The number of halogens is 2. The third-order valence-electron chi connectivity index (χ3n) is 3.67. The Morgan fingerprint density at radius 1 is 1.41 bits per heavy atom. The van der Waals surface area contributed by atoms with Crippen LogP contribution in [-0.4, -0.2) is 43.7 Å². The molecule has 0 unspecified atom stereocenters. The quantitative estimate of drug-likeness (QED) is 0.332. The minimum Gasteiger partial charge on any atom is -0.493 e. The van der Waals surface area contributed by atoms with E-state index in [1.807, 2.05) is 37.9 Å². The second-order valence-corrected chi connectivity index (χ2v) is 7.13. The fourth-order valence-corrected chi connectivity index (χ4v) is 3.42. The summed E-state index contributed by atoms with van der Waals surface area (Å²) in [4.78, 5) is 10.9. The molecule has 1 N–H and O–H groups in total. The molecule has 9 heteroatoms. The number of rotatable bonds is 7. The average molecular weight is 525 g/mol. The average Bonchev–Trinajstić information content (AvgIpc) is 3.02. The molecule has 0 atom stereocenters. The maximum atomic E-state index is 6.33. The molecule has 2 aromatic rings. The molecular formula is C18H26ClIN4O2S. The van der Waals surface area contributed by atoms with Crippen molar-refractivity contribution in [1.82, 2.24) is 15.2 Å². The molecule has 0 aliphatic carbocycles. The summed E-state index contributed by atoms with van der Waals surface area (Å²) in [7, 11) is 5.35. The number of aromatic nitrogens is 1. The summed E-state index contributed by atoms with van der Waals surface area (Å²) >= 11 is 7.98. The van der Waals surface area contributed by atoms with E-state index in [2.05, 4.69) is 20.7 Å². The Balaban J connectivity index is 0.00000364. The van der Waals surface area contributed by atoms with Gasteiger partial charge < -0.3 is 19.7 Å². The first kappa shape index (κ1) is 23.8. The van der Waals surface area contributed by atoms with Crippen molar-refractivity contribution in [2.24, 2.45) is 4.99 Å². The number of guanidine groups is 1. The Kier molecular flexibility index (Phi) is 10.2. The standard InChI is InChI=1S/C18H25ClN4O2S.HI/c1-6-25-17-15(19)7-13(8-16(17)24-5)9-21-18(20-3)23(4)10-14-11-26-12(2)22-14;/h7-8,11H,6,9-10H2,1-5H3,(H,20,21);1H. The summed E-state index contributed by atoms with van der Waals surface area (Å²) in [6, 6.07) is 3.79. The van der Waals surface area contributed by atoms with Crippen LogP contribution in [0.4, 0.5) is 0 Å². The fraction of sp³-hybridized carbons (Fsp3) is 0.444. The summed E-state index contributed by atoms with van der Waals surface area (Å²) in [6.07, 6.45) is 0. The molecule has 6 nitrogen and oxygen atoms in total. The molecule has 150 valence electrons. The number of hydrogen-bond acceptors (Lipinski definition) is 5. The summed E-state index contributed by atoms with van der Waals surface area (Å²) in [5.74, 6) is 1.97. The lowest BCUT2D eigenvalue weighted by Crippen LogP contribution is -2.38. The number of nitrogens with one attached hydrogen (secondary N) is 1. The van der Waals surface area contributed by atoms with E-state index in [1.54, 1.807) is 25.5 Å². The van der Waals surface area contributed by atoms with E-state index >= 15 is 0 Å². The number of benzene rings is 1. The van der Waals surface area contributed by atoms with Gasteiger partial charge in [0.15, 0.2) is 17.5 Å². The number of aryl methyl sites for hydroxylation is 1.